The van der Waals surface area contributed by atoms with Crippen molar-refractivity contribution in [3.63, 3.8) is 0 Å². The molecule has 1 heterocycles. The number of alkyl halides is 3. The fourth-order valence-electron chi connectivity index (χ4n) is 2.63. The molecule has 0 unspecified atom stereocenters. The number of halogens is 3. The molecule has 136 valence electrons. The lowest BCUT2D eigenvalue weighted by molar-refractivity contribution is -0.297. The number of methoxy groups -OCH3 is 1. The Labute approximate surface area is 147 Å². The van der Waals surface area contributed by atoms with Crippen LogP contribution in [0, 0.1) is 0 Å². The van der Waals surface area contributed by atoms with Crippen LogP contribution in [-0.4, -0.2) is 40.7 Å². The Bertz CT molecular complexity index is 835. The SMILES string of the molecule is COc1ccc(C(=O)N2N=C(c3ccccc3)C[C@@]2(O)C(F)(F)F)cc1. The van der Waals surface area contributed by atoms with E-state index < -0.39 is 24.2 Å². The first-order valence-corrected chi connectivity index (χ1v) is 7.67. The molecule has 1 atom stereocenters. The van der Waals surface area contributed by atoms with Crippen LogP contribution in [0.2, 0.25) is 0 Å². The lowest BCUT2D eigenvalue weighted by Gasteiger charge is -2.32. The largest absolute Gasteiger partial charge is 0.497 e. The summed E-state index contributed by atoms with van der Waals surface area (Å²) in [5, 5.41) is 14.2. The van der Waals surface area contributed by atoms with Gasteiger partial charge in [-0.15, -0.1) is 0 Å². The van der Waals surface area contributed by atoms with Crippen LogP contribution in [0.4, 0.5) is 13.2 Å². The van der Waals surface area contributed by atoms with Gasteiger partial charge in [0, 0.05) is 5.56 Å². The smallest absolute Gasteiger partial charge is 0.438 e. The van der Waals surface area contributed by atoms with Crippen LogP contribution in [0.3, 0.4) is 0 Å². The van der Waals surface area contributed by atoms with Gasteiger partial charge in [0.25, 0.3) is 11.6 Å². The average molecular weight is 364 g/mol. The van der Waals surface area contributed by atoms with Crippen LogP contribution in [0.1, 0.15) is 22.3 Å². The van der Waals surface area contributed by atoms with Crippen LogP contribution < -0.4 is 4.74 Å². The zero-order valence-electron chi connectivity index (χ0n) is 13.7. The molecule has 1 amide bonds. The van der Waals surface area contributed by atoms with Gasteiger partial charge in [-0.2, -0.15) is 23.3 Å². The molecule has 26 heavy (non-hydrogen) atoms. The third-order valence-corrected chi connectivity index (χ3v) is 4.08. The van der Waals surface area contributed by atoms with Gasteiger partial charge in [0.05, 0.1) is 19.2 Å². The van der Waals surface area contributed by atoms with Gasteiger partial charge in [-0.1, -0.05) is 30.3 Å². The highest BCUT2D eigenvalue weighted by atomic mass is 19.4. The molecule has 0 saturated carbocycles. The molecule has 0 fully saturated rings. The highest BCUT2D eigenvalue weighted by Gasteiger charge is 2.63. The number of hydrazone groups is 1. The third-order valence-electron chi connectivity index (χ3n) is 4.08. The van der Waals surface area contributed by atoms with E-state index in [-0.39, 0.29) is 16.3 Å². The van der Waals surface area contributed by atoms with E-state index in [0.717, 1.165) is 0 Å². The molecule has 1 aliphatic heterocycles. The molecule has 0 aromatic heterocycles. The lowest BCUT2D eigenvalue weighted by Crippen LogP contribution is -2.56. The van der Waals surface area contributed by atoms with Crippen LogP contribution in [0.25, 0.3) is 0 Å². The van der Waals surface area contributed by atoms with Crippen molar-refractivity contribution in [2.24, 2.45) is 5.10 Å². The third kappa shape index (κ3) is 3.03. The Morgan fingerprint density at radius 1 is 1.15 bits per heavy atom. The van der Waals surface area contributed by atoms with E-state index in [0.29, 0.717) is 11.3 Å². The quantitative estimate of drug-likeness (QED) is 0.910. The van der Waals surface area contributed by atoms with Crippen molar-refractivity contribution in [1.29, 1.82) is 0 Å². The molecule has 0 bridgehead atoms. The van der Waals surface area contributed by atoms with Crippen molar-refractivity contribution >= 4 is 11.6 Å². The molecule has 8 heteroatoms. The van der Waals surface area contributed by atoms with Gasteiger partial charge in [0.2, 0.25) is 0 Å². The molecule has 0 spiro atoms. The van der Waals surface area contributed by atoms with E-state index in [1.54, 1.807) is 30.3 Å². The Morgan fingerprint density at radius 3 is 2.31 bits per heavy atom. The summed E-state index contributed by atoms with van der Waals surface area (Å²) in [6.45, 7) is 0. The predicted octanol–water partition coefficient (Wildman–Crippen LogP) is 3.20. The number of carbonyl (C=O) groups excluding carboxylic acids is 1. The Hall–Kier alpha value is -2.87. The molecule has 3 rings (SSSR count). The highest BCUT2D eigenvalue weighted by molar-refractivity contribution is 6.05. The predicted molar refractivity (Wildman–Crippen MR) is 87.8 cm³/mol. The van der Waals surface area contributed by atoms with Crippen molar-refractivity contribution in [3.05, 3.63) is 65.7 Å². The van der Waals surface area contributed by atoms with Gasteiger partial charge in [-0.05, 0) is 29.8 Å². The molecule has 5 nitrogen and oxygen atoms in total. The number of aliphatic hydroxyl groups is 1. The van der Waals surface area contributed by atoms with Crippen LogP contribution in [0.15, 0.2) is 59.7 Å². The molecule has 0 radical (unpaired) electrons. The Morgan fingerprint density at radius 2 is 1.77 bits per heavy atom. The maximum atomic E-state index is 13.5. The second-order valence-electron chi connectivity index (χ2n) is 5.75. The van der Waals surface area contributed by atoms with Gasteiger partial charge >= 0.3 is 6.18 Å². The average Bonchev–Trinajstić information content (AvgIpc) is 3.01. The minimum atomic E-state index is -5.07. The summed E-state index contributed by atoms with van der Waals surface area (Å²) in [5.74, 6) is -0.610. The van der Waals surface area contributed by atoms with E-state index in [2.05, 4.69) is 5.10 Å². The minimum Gasteiger partial charge on any atom is -0.497 e. The first-order valence-electron chi connectivity index (χ1n) is 7.67. The fourth-order valence-corrected chi connectivity index (χ4v) is 2.63. The fraction of sp³-hybridized carbons (Fsp3) is 0.222. The second kappa shape index (κ2) is 6.45. The molecule has 1 aliphatic rings. The van der Waals surface area contributed by atoms with Crippen LogP contribution in [-0.2, 0) is 0 Å². The van der Waals surface area contributed by atoms with Crippen molar-refractivity contribution in [3.8, 4) is 5.75 Å². The first kappa shape index (κ1) is 17.9. The topological polar surface area (TPSA) is 62.1 Å². The first-order chi connectivity index (χ1) is 12.3. The van der Waals surface area contributed by atoms with Crippen LogP contribution >= 0.6 is 0 Å². The molecule has 2 aromatic rings. The normalized spacial score (nSPS) is 20.0. The number of hydrogen-bond donors (Lipinski definition) is 1. The molecule has 2 aromatic carbocycles. The summed E-state index contributed by atoms with van der Waals surface area (Å²) < 4.78 is 45.6. The standard InChI is InChI=1S/C18H15F3N2O3/c1-26-14-9-7-13(8-10-14)16(24)23-17(25,18(19,20)21)11-15(22-23)12-5-3-2-4-6-12/h2-10,25H,11H2,1H3/t17-/m1/s1. The summed E-state index contributed by atoms with van der Waals surface area (Å²) in [6.07, 6.45) is -5.92. The summed E-state index contributed by atoms with van der Waals surface area (Å²) in [4.78, 5) is 12.6. The summed E-state index contributed by atoms with van der Waals surface area (Å²) in [6, 6.07) is 13.6. The van der Waals surface area contributed by atoms with E-state index in [1.165, 1.54) is 31.4 Å². The maximum Gasteiger partial charge on any atom is 0.438 e. The van der Waals surface area contributed by atoms with Crippen molar-refractivity contribution in [2.45, 2.75) is 18.3 Å². The molecule has 1 N–H and O–H groups in total. The number of amides is 1. The maximum absolute atomic E-state index is 13.5. The molecule has 0 aliphatic carbocycles. The molecule has 0 saturated heterocycles. The summed E-state index contributed by atoms with van der Waals surface area (Å²) >= 11 is 0. The van der Waals surface area contributed by atoms with Crippen molar-refractivity contribution in [1.82, 2.24) is 5.01 Å². The summed E-state index contributed by atoms with van der Waals surface area (Å²) in [5.41, 5.74) is -3.08. The summed E-state index contributed by atoms with van der Waals surface area (Å²) in [7, 11) is 1.43. The zero-order chi connectivity index (χ0) is 18.9. The van der Waals surface area contributed by atoms with Crippen LogP contribution in [0.5, 0.6) is 5.75 Å². The number of rotatable bonds is 3. The van der Waals surface area contributed by atoms with E-state index in [1.807, 2.05) is 0 Å². The van der Waals surface area contributed by atoms with Gasteiger partial charge in [0.15, 0.2) is 0 Å². The number of benzene rings is 2. The monoisotopic (exact) mass is 364 g/mol. The number of hydrogen-bond acceptors (Lipinski definition) is 4. The second-order valence-corrected chi connectivity index (χ2v) is 5.75. The van der Waals surface area contributed by atoms with E-state index >= 15 is 0 Å². The van der Waals surface area contributed by atoms with Gasteiger partial charge in [0.1, 0.15) is 5.75 Å². The Kier molecular flexibility index (Phi) is 4.45. The van der Waals surface area contributed by atoms with Gasteiger partial charge in [-0.3, -0.25) is 4.79 Å². The zero-order valence-corrected chi connectivity index (χ0v) is 13.7. The minimum absolute atomic E-state index is 0.0210. The van der Waals surface area contributed by atoms with Crippen molar-refractivity contribution in [2.75, 3.05) is 7.11 Å². The number of carbonyl (C=O) groups is 1. The van der Waals surface area contributed by atoms with E-state index in [9.17, 15) is 23.1 Å². The number of ether oxygens (including phenoxy) is 1. The Balaban J connectivity index is 2.01. The van der Waals surface area contributed by atoms with Crippen molar-refractivity contribution < 1.29 is 27.8 Å². The van der Waals surface area contributed by atoms with E-state index in [4.69, 9.17) is 4.74 Å². The van der Waals surface area contributed by atoms with Gasteiger partial charge in [-0.25, -0.2) is 0 Å². The molecular formula is C18H15F3N2O3. The van der Waals surface area contributed by atoms with Gasteiger partial charge < -0.3 is 9.84 Å². The number of nitrogens with zero attached hydrogens (tertiary/aromatic N) is 2. The molecular weight excluding hydrogens is 349 g/mol. The highest BCUT2D eigenvalue weighted by Crippen LogP contribution is 2.42. The lowest BCUT2D eigenvalue weighted by atomic mass is 10.0.